The molecule has 2 aromatic rings. The Kier molecular flexibility index (Phi) is 5.23. The summed E-state index contributed by atoms with van der Waals surface area (Å²) < 4.78 is 10.8. The topological polar surface area (TPSA) is 21.7 Å². The Bertz CT molecular complexity index is 578. The van der Waals surface area contributed by atoms with E-state index in [9.17, 15) is 0 Å². The van der Waals surface area contributed by atoms with Crippen LogP contribution in [0.4, 0.5) is 0 Å². The highest BCUT2D eigenvalue weighted by Crippen LogP contribution is 2.31. The number of para-hydroxylation sites is 1. The van der Waals surface area contributed by atoms with Gasteiger partial charge in [-0.25, -0.2) is 0 Å². The Morgan fingerprint density at radius 2 is 1.62 bits per heavy atom. The molecular formula is C18H23NO2. The summed E-state index contributed by atoms with van der Waals surface area (Å²) in [7, 11) is 5.46. The van der Waals surface area contributed by atoms with Crippen molar-refractivity contribution in [2.45, 2.75) is 20.0 Å². The summed E-state index contributed by atoms with van der Waals surface area (Å²) in [6.45, 7) is 3.82. The first-order valence-corrected chi connectivity index (χ1v) is 7.08. The highest BCUT2D eigenvalue weighted by atomic mass is 16.5. The molecule has 0 bridgehead atoms. The maximum atomic E-state index is 5.48. The third-order valence-corrected chi connectivity index (χ3v) is 3.50. The minimum absolute atomic E-state index is 0.777. The second-order valence-electron chi connectivity index (χ2n) is 5.31. The van der Waals surface area contributed by atoms with Gasteiger partial charge in [0.2, 0.25) is 0 Å². The fourth-order valence-corrected chi connectivity index (χ4v) is 2.43. The Morgan fingerprint density at radius 1 is 0.905 bits per heavy atom. The number of methoxy groups -OCH3 is 2. The van der Waals surface area contributed by atoms with Crippen molar-refractivity contribution in [2.24, 2.45) is 0 Å². The van der Waals surface area contributed by atoms with E-state index in [0.717, 1.165) is 30.2 Å². The lowest BCUT2D eigenvalue weighted by molar-refractivity contribution is 0.303. The van der Waals surface area contributed by atoms with Gasteiger partial charge in [-0.2, -0.15) is 0 Å². The van der Waals surface area contributed by atoms with Crippen LogP contribution in [0.25, 0.3) is 0 Å². The number of rotatable bonds is 6. The number of aryl methyl sites for hydroxylation is 1. The first-order valence-electron chi connectivity index (χ1n) is 7.08. The summed E-state index contributed by atoms with van der Waals surface area (Å²) in [5, 5.41) is 0. The summed E-state index contributed by atoms with van der Waals surface area (Å²) in [5.74, 6) is 1.59. The van der Waals surface area contributed by atoms with E-state index in [4.69, 9.17) is 9.47 Å². The lowest BCUT2D eigenvalue weighted by Crippen LogP contribution is -2.17. The second kappa shape index (κ2) is 7.14. The average molecular weight is 285 g/mol. The summed E-state index contributed by atoms with van der Waals surface area (Å²) in [4.78, 5) is 2.27. The molecule has 2 rings (SSSR count). The van der Waals surface area contributed by atoms with Crippen LogP contribution in [0, 0.1) is 6.92 Å². The summed E-state index contributed by atoms with van der Waals surface area (Å²) in [6.07, 6.45) is 0. The number of ether oxygens (including phenoxy) is 2. The zero-order valence-corrected chi connectivity index (χ0v) is 13.2. The highest BCUT2D eigenvalue weighted by Gasteiger charge is 2.11. The molecule has 0 atom stereocenters. The smallest absolute Gasteiger partial charge is 0.165 e. The predicted molar refractivity (Wildman–Crippen MR) is 85.9 cm³/mol. The number of hydrogen-bond acceptors (Lipinski definition) is 3. The predicted octanol–water partition coefficient (Wildman–Crippen LogP) is 3.64. The van der Waals surface area contributed by atoms with E-state index in [1.165, 1.54) is 11.1 Å². The fourth-order valence-electron chi connectivity index (χ4n) is 2.43. The van der Waals surface area contributed by atoms with Gasteiger partial charge in [-0.15, -0.1) is 0 Å². The molecule has 0 aliphatic heterocycles. The molecule has 0 fully saturated rings. The molecule has 0 spiro atoms. The standard InChI is InChI=1S/C18H23NO2/c1-14-8-10-15(11-9-14)12-19(2)13-16-6-5-7-17(20-3)18(16)21-4/h5-11H,12-13H2,1-4H3. The van der Waals surface area contributed by atoms with Gasteiger partial charge in [0, 0.05) is 18.7 Å². The minimum atomic E-state index is 0.777. The Labute approximate surface area is 127 Å². The van der Waals surface area contributed by atoms with Crippen molar-refractivity contribution in [3.63, 3.8) is 0 Å². The van der Waals surface area contributed by atoms with E-state index in [1.54, 1.807) is 14.2 Å². The molecule has 0 amide bonds. The SMILES string of the molecule is COc1cccc(CN(C)Cc2ccc(C)cc2)c1OC. The summed E-state index contributed by atoms with van der Waals surface area (Å²) in [5.41, 5.74) is 3.73. The van der Waals surface area contributed by atoms with Crippen molar-refractivity contribution in [2.75, 3.05) is 21.3 Å². The highest BCUT2D eigenvalue weighted by molar-refractivity contribution is 5.46. The molecule has 3 nitrogen and oxygen atoms in total. The molecule has 0 unspecified atom stereocenters. The lowest BCUT2D eigenvalue weighted by atomic mass is 10.1. The average Bonchev–Trinajstić information content (AvgIpc) is 2.49. The molecule has 2 aromatic carbocycles. The zero-order valence-electron chi connectivity index (χ0n) is 13.2. The summed E-state index contributed by atoms with van der Waals surface area (Å²) in [6, 6.07) is 14.6. The number of hydrogen-bond donors (Lipinski definition) is 0. The van der Waals surface area contributed by atoms with Gasteiger partial charge in [-0.05, 0) is 25.6 Å². The molecule has 0 heterocycles. The molecule has 0 radical (unpaired) electrons. The molecule has 0 N–H and O–H groups in total. The van der Waals surface area contributed by atoms with E-state index < -0.39 is 0 Å². The van der Waals surface area contributed by atoms with Crippen LogP contribution in [0.15, 0.2) is 42.5 Å². The molecule has 0 saturated carbocycles. The fraction of sp³-hybridized carbons (Fsp3) is 0.333. The van der Waals surface area contributed by atoms with Crippen LogP contribution < -0.4 is 9.47 Å². The lowest BCUT2D eigenvalue weighted by Gasteiger charge is -2.19. The molecular weight excluding hydrogens is 262 g/mol. The largest absolute Gasteiger partial charge is 0.493 e. The third-order valence-electron chi connectivity index (χ3n) is 3.50. The van der Waals surface area contributed by atoms with E-state index in [2.05, 4.69) is 49.2 Å². The van der Waals surface area contributed by atoms with Crippen molar-refractivity contribution < 1.29 is 9.47 Å². The molecule has 0 aliphatic carbocycles. The molecule has 21 heavy (non-hydrogen) atoms. The quantitative estimate of drug-likeness (QED) is 0.808. The van der Waals surface area contributed by atoms with Gasteiger partial charge in [-0.3, -0.25) is 4.90 Å². The van der Waals surface area contributed by atoms with Gasteiger partial charge >= 0.3 is 0 Å². The van der Waals surface area contributed by atoms with E-state index in [-0.39, 0.29) is 0 Å². The Hall–Kier alpha value is -2.00. The van der Waals surface area contributed by atoms with Crippen molar-refractivity contribution in [3.8, 4) is 11.5 Å². The van der Waals surface area contributed by atoms with Gasteiger partial charge in [-0.1, -0.05) is 42.0 Å². The molecule has 112 valence electrons. The molecule has 3 heteroatoms. The van der Waals surface area contributed by atoms with Gasteiger partial charge < -0.3 is 9.47 Å². The minimum Gasteiger partial charge on any atom is -0.493 e. The number of nitrogens with zero attached hydrogens (tertiary/aromatic N) is 1. The van der Waals surface area contributed by atoms with Gasteiger partial charge in [0.05, 0.1) is 14.2 Å². The van der Waals surface area contributed by atoms with Crippen molar-refractivity contribution in [3.05, 3.63) is 59.2 Å². The number of benzene rings is 2. The van der Waals surface area contributed by atoms with Gasteiger partial charge in [0.15, 0.2) is 11.5 Å². The molecule has 0 aromatic heterocycles. The van der Waals surface area contributed by atoms with Gasteiger partial charge in [0.25, 0.3) is 0 Å². The Morgan fingerprint density at radius 3 is 2.24 bits per heavy atom. The second-order valence-corrected chi connectivity index (χ2v) is 5.31. The molecule has 0 saturated heterocycles. The first kappa shape index (κ1) is 15.4. The first-order chi connectivity index (χ1) is 10.1. The van der Waals surface area contributed by atoms with Crippen LogP contribution in [-0.4, -0.2) is 26.2 Å². The van der Waals surface area contributed by atoms with Crippen LogP contribution >= 0.6 is 0 Å². The van der Waals surface area contributed by atoms with Crippen molar-refractivity contribution in [1.82, 2.24) is 4.90 Å². The third kappa shape index (κ3) is 3.99. The van der Waals surface area contributed by atoms with Crippen LogP contribution in [0.1, 0.15) is 16.7 Å². The zero-order chi connectivity index (χ0) is 15.2. The summed E-state index contributed by atoms with van der Waals surface area (Å²) >= 11 is 0. The maximum Gasteiger partial charge on any atom is 0.165 e. The monoisotopic (exact) mass is 285 g/mol. The molecule has 0 aliphatic rings. The van der Waals surface area contributed by atoms with E-state index in [1.807, 2.05) is 12.1 Å². The van der Waals surface area contributed by atoms with Crippen LogP contribution in [0.5, 0.6) is 11.5 Å². The maximum absolute atomic E-state index is 5.48. The van der Waals surface area contributed by atoms with E-state index in [0.29, 0.717) is 0 Å². The van der Waals surface area contributed by atoms with E-state index >= 15 is 0 Å². The Balaban J connectivity index is 2.08. The van der Waals surface area contributed by atoms with Crippen molar-refractivity contribution >= 4 is 0 Å². The normalized spacial score (nSPS) is 10.7. The van der Waals surface area contributed by atoms with Crippen LogP contribution in [0.2, 0.25) is 0 Å². The van der Waals surface area contributed by atoms with Gasteiger partial charge in [0.1, 0.15) is 0 Å². The van der Waals surface area contributed by atoms with Crippen LogP contribution in [-0.2, 0) is 13.1 Å². The van der Waals surface area contributed by atoms with Crippen LogP contribution in [0.3, 0.4) is 0 Å². The van der Waals surface area contributed by atoms with Crippen molar-refractivity contribution in [1.29, 1.82) is 0 Å².